The van der Waals surface area contributed by atoms with Gasteiger partial charge in [-0.3, -0.25) is 0 Å². The minimum Gasteiger partial charge on any atom is -0.306 e. The van der Waals surface area contributed by atoms with Crippen LogP contribution in [0.1, 0.15) is 57.8 Å². The highest BCUT2D eigenvalue weighted by Gasteiger charge is 2.37. The van der Waals surface area contributed by atoms with E-state index in [-0.39, 0.29) is 0 Å². The van der Waals surface area contributed by atoms with Crippen molar-refractivity contribution in [2.45, 2.75) is 63.8 Å². The topological polar surface area (TPSA) is 3.24 Å². The fourth-order valence-corrected chi connectivity index (χ4v) is 3.61. The summed E-state index contributed by atoms with van der Waals surface area (Å²) in [6.07, 6.45) is 13.5. The lowest BCUT2D eigenvalue weighted by atomic mass is 9.64. The summed E-state index contributed by atoms with van der Waals surface area (Å²) in [6.45, 7) is 0. The predicted molar refractivity (Wildman–Crippen MR) is 61.5 cm³/mol. The first-order valence-corrected chi connectivity index (χ1v) is 6.38. The second-order valence-corrected chi connectivity index (χ2v) is 5.77. The van der Waals surface area contributed by atoms with Gasteiger partial charge < -0.3 is 4.90 Å². The van der Waals surface area contributed by atoms with Crippen LogP contribution >= 0.6 is 0 Å². The Morgan fingerprint density at radius 2 is 1.57 bits per heavy atom. The quantitative estimate of drug-likeness (QED) is 0.619. The minimum atomic E-state index is 0.769. The molecule has 1 spiro atoms. The summed E-state index contributed by atoms with van der Waals surface area (Å²) in [5, 5.41) is 0. The van der Waals surface area contributed by atoms with Gasteiger partial charge in [0.05, 0.1) is 0 Å². The molecule has 0 aliphatic heterocycles. The van der Waals surface area contributed by atoms with Crippen molar-refractivity contribution in [1.29, 1.82) is 0 Å². The van der Waals surface area contributed by atoms with E-state index >= 15 is 0 Å². The Bertz CT molecular complexity index is 174. The Morgan fingerprint density at radius 1 is 0.929 bits per heavy atom. The van der Waals surface area contributed by atoms with Gasteiger partial charge in [-0.2, -0.15) is 0 Å². The summed E-state index contributed by atoms with van der Waals surface area (Å²) in [6, 6.07) is 0.877. The van der Waals surface area contributed by atoms with Gasteiger partial charge in [0.2, 0.25) is 0 Å². The Balaban J connectivity index is 1.97. The molecule has 0 bridgehead atoms. The zero-order valence-corrected chi connectivity index (χ0v) is 9.89. The van der Waals surface area contributed by atoms with Gasteiger partial charge in [-0.25, -0.2) is 0 Å². The molecule has 1 unspecified atom stereocenters. The van der Waals surface area contributed by atoms with Gasteiger partial charge in [-0.05, 0) is 51.6 Å². The first kappa shape index (κ1) is 10.5. The van der Waals surface area contributed by atoms with Gasteiger partial charge >= 0.3 is 0 Å². The molecule has 1 heteroatoms. The molecule has 2 aliphatic carbocycles. The molecule has 1 nitrogen and oxygen atoms in total. The third-order valence-corrected chi connectivity index (χ3v) is 4.56. The Morgan fingerprint density at radius 3 is 2.21 bits per heavy atom. The van der Waals surface area contributed by atoms with Crippen molar-refractivity contribution in [3.63, 3.8) is 0 Å². The van der Waals surface area contributed by atoms with Crippen LogP contribution in [0.4, 0.5) is 0 Å². The van der Waals surface area contributed by atoms with Crippen LogP contribution in [0.25, 0.3) is 0 Å². The molecule has 2 rings (SSSR count). The van der Waals surface area contributed by atoms with Crippen LogP contribution in [0.5, 0.6) is 0 Å². The second-order valence-electron chi connectivity index (χ2n) is 5.77. The first-order chi connectivity index (χ1) is 6.72. The van der Waals surface area contributed by atoms with Crippen molar-refractivity contribution < 1.29 is 0 Å². The fraction of sp³-hybridized carbons (Fsp3) is 1.00. The summed E-state index contributed by atoms with van der Waals surface area (Å²) in [4.78, 5) is 2.45. The normalized spacial score (nSPS) is 32.4. The molecule has 0 heterocycles. The lowest BCUT2D eigenvalue weighted by Gasteiger charge is -2.45. The van der Waals surface area contributed by atoms with E-state index in [1.54, 1.807) is 0 Å². The Hall–Kier alpha value is -0.0400. The maximum Gasteiger partial charge on any atom is 0.00944 e. The number of hydrogen-bond donors (Lipinski definition) is 0. The van der Waals surface area contributed by atoms with Crippen molar-refractivity contribution in [3.05, 3.63) is 0 Å². The average molecular weight is 195 g/mol. The van der Waals surface area contributed by atoms with E-state index in [9.17, 15) is 0 Å². The molecule has 1 atom stereocenters. The lowest BCUT2D eigenvalue weighted by molar-refractivity contribution is 0.0668. The van der Waals surface area contributed by atoms with Gasteiger partial charge in [-0.15, -0.1) is 0 Å². The number of nitrogens with zero attached hydrogens (tertiary/aromatic N) is 1. The number of hydrogen-bond acceptors (Lipinski definition) is 1. The number of rotatable bonds is 1. The van der Waals surface area contributed by atoms with Crippen LogP contribution in [-0.2, 0) is 0 Å². The zero-order valence-electron chi connectivity index (χ0n) is 9.89. The summed E-state index contributed by atoms with van der Waals surface area (Å²) in [5.41, 5.74) is 0.769. The molecule has 0 amide bonds. The largest absolute Gasteiger partial charge is 0.306 e. The van der Waals surface area contributed by atoms with Gasteiger partial charge in [0.1, 0.15) is 0 Å². The fourth-order valence-electron chi connectivity index (χ4n) is 3.61. The van der Waals surface area contributed by atoms with Crippen LogP contribution in [0.3, 0.4) is 0 Å². The van der Waals surface area contributed by atoms with Crippen LogP contribution < -0.4 is 0 Å². The predicted octanol–water partition coefficient (Wildman–Crippen LogP) is 3.44. The summed E-state index contributed by atoms with van der Waals surface area (Å²) >= 11 is 0. The molecule has 0 aromatic carbocycles. The average Bonchev–Trinajstić information content (AvgIpc) is 2.19. The third-order valence-electron chi connectivity index (χ3n) is 4.56. The maximum atomic E-state index is 2.45. The second kappa shape index (κ2) is 4.22. The summed E-state index contributed by atoms with van der Waals surface area (Å²) in [5.74, 6) is 0. The molecule has 0 N–H and O–H groups in total. The van der Waals surface area contributed by atoms with Crippen molar-refractivity contribution in [2.75, 3.05) is 14.1 Å². The summed E-state index contributed by atoms with van der Waals surface area (Å²) < 4.78 is 0. The van der Waals surface area contributed by atoms with Gasteiger partial charge in [-0.1, -0.05) is 25.7 Å². The molecule has 0 radical (unpaired) electrons. The standard InChI is InChI=1S/C13H25N/c1-14(2)12-7-6-10-13(11-12)8-4-3-5-9-13/h12H,3-11H2,1-2H3. The maximum absolute atomic E-state index is 2.45. The molecule has 14 heavy (non-hydrogen) atoms. The van der Waals surface area contributed by atoms with E-state index in [0.717, 1.165) is 11.5 Å². The van der Waals surface area contributed by atoms with Crippen molar-refractivity contribution in [2.24, 2.45) is 5.41 Å². The van der Waals surface area contributed by atoms with E-state index in [1.807, 2.05) is 0 Å². The highest BCUT2D eigenvalue weighted by atomic mass is 15.1. The minimum absolute atomic E-state index is 0.769. The highest BCUT2D eigenvalue weighted by molar-refractivity contribution is 4.91. The zero-order chi connectivity index (χ0) is 10.0. The Labute approximate surface area is 88.9 Å². The van der Waals surface area contributed by atoms with Gasteiger partial charge in [0.25, 0.3) is 0 Å². The monoisotopic (exact) mass is 195 g/mol. The van der Waals surface area contributed by atoms with Crippen molar-refractivity contribution in [1.82, 2.24) is 4.90 Å². The lowest BCUT2D eigenvalue weighted by Crippen LogP contribution is -2.40. The molecule has 0 saturated heterocycles. The highest BCUT2D eigenvalue weighted by Crippen LogP contribution is 2.48. The van der Waals surface area contributed by atoms with Crippen LogP contribution in [-0.4, -0.2) is 25.0 Å². The van der Waals surface area contributed by atoms with Crippen LogP contribution in [0, 0.1) is 5.41 Å². The van der Waals surface area contributed by atoms with E-state index in [1.165, 1.54) is 57.8 Å². The molecule has 2 saturated carbocycles. The van der Waals surface area contributed by atoms with E-state index in [2.05, 4.69) is 19.0 Å². The van der Waals surface area contributed by atoms with E-state index in [0.29, 0.717) is 0 Å². The molecular formula is C13H25N. The summed E-state index contributed by atoms with van der Waals surface area (Å²) in [7, 11) is 4.51. The molecule has 0 aromatic heterocycles. The SMILES string of the molecule is CN(C)C1CCCC2(CCCCC2)C1. The molecular weight excluding hydrogens is 170 g/mol. The molecule has 82 valence electrons. The first-order valence-electron chi connectivity index (χ1n) is 6.38. The van der Waals surface area contributed by atoms with Gasteiger partial charge in [0, 0.05) is 6.04 Å². The molecule has 2 fully saturated rings. The van der Waals surface area contributed by atoms with Crippen molar-refractivity contribution in [3.8, 4) is 0 Å². The van der Waals surface area contributed by atoms with Crippen molar-refractivity contribution >= 4 is 0 Å². The third kappa shape index (κ3) is 2.13. The molecule has 2 aliphatic rings. The van der Waals surface area contributed by atoms with E-state index in [4.69, 9.17) is 0 Å². The van der Waals surface area contributed by atoms with Crippen LogP contribution in [0.2, 0.25) is 0 Å². The van der Waals surface area contributed by atoms with Gasteiger partial charge in [0.15, 0.2) is 0 Å². The van der Waals surface area contributed by atoms with E-state index < -0.39 is 0 Å². The van der Waals surface area contributed by atoms with Crippen LogP contribution in [0.15, 0.2) is 0 Å². The Kier molecular flexibility index (Phi) is 3.16. The smallest absolute Gasteiger partial charge is 0.00944 e. The molecule has 0 aromatic rings.